The summed E-state index contributed by atoms with van der Waals surface area (Å²) in [6, 6.07) is 0. The Bertz CT molecular complexity index is 179. The normalized spacial score (nSPS) is 43.2. The summed E-state index contributed by atoms with van der Waals surface area (Å²) in [7, 11) is 0. The largest absolute Gasteiger partial charge is 0.481 e. The molecule has 0 bridgehead atoms. The first-order valence-corrected chi connectivity index (χ1v) is 3.84. The predicted octanol–water partition coefficient (Wildman–Crippen LogP) is 1.99. The van der Waals surface area contributed by atoms with Crippen molar-refractivity contribution in [1.29, 1.82) is 0 Å². The first-order chi connectivity index (χ1) is 4.92. The van der Waals surface area contributed by atoms with Gasteiger partial charge in [0.2, 0.25) is 0 Å². The van der Waals surface area contributed by atoms with Gasteiger partial charge >= 0.3 is 5.97 Å². The third-order valence-corrected chi connectivity index (χ3v) is 2.54. The molecule has 0 aromatic heterocycles. The summed E-state index contributed by atoms with van der Waals surface area (Å²) in [5.74, 6) is -0.852. The average Bonchev–Trinajstić information content (AvgIpc) is 1.81. The van der Waals surface area contributed by atoms with Crippen molar-refractivity contribution in [1.82, 2.24) is 0 Å². The molecule has 1 N–H and O–H groups in total. The topological polar surface area (TPSA) is 37.3 Å². The van der Waals surface area contributed by atoms with Crippen molar-refractivity contribution in [3.63, 3.8) is 0 Å². The van der Waals surface area contributed by atoms with Gasteiger partial charge < -0.3 is 5.11 Å². The maximum absolute atomic E-state index is 13.0. The van der Waals surface area contributed by atoms with Gasteiger partial charge in [-0.05, 0) is 26.2 Å². The lowest BCUT2D eigenvalue weighted by Crippen LogP contribution is -2.51. The van der Waals surface area contributed by atoms with Gasteiger partial charge in [0.25, 0.3) is 0 Å². The van der Waals surface area contributed by atoms with Crippen LogP contribution in [0.1, 0.15) is 33.1 Å². The van der Waals surface area contributed by atoms with Crippen molar-refractivity contribution < 1.29 is 14.3 Å². The number of hydrogen-bond donors (Lipinski definition) is 1. The molecule has 0 atom stereocenters. The fraction of sp³-hybridized carbons (Fsp3) is 0.875. The Hall–Kier alpha value is -0.600. The molecule has 1 saturated carbocycles. The highest BCUT2D eigenvalue weighted by molar-refractivity contribution is 5.76. The van der Waals surface area contributed by atoms with Crippen LogP contribution in [0.5, 0.6) is 0 Å². The lowest BCUT2D eigenvalue weighted by molar-refractivity contribution is -0.167. The van der Waals surface area contributed by atoms with Gasteiger partial charge in [0.05, 0.1) is 5.41 Å². The number of aliphatic carboxylic acids is 1. The van der Waals surface area contributed by atoms with Crippen molar-refractivity contribution >= 4 is 5.97 Å². The minimum absolute atomic E-state index is 0.172. The zero-order chi connectivity index (χ0) is 8.70. The van der Waals surface area contributed by atoms with E-state index in [2.05, 4.69) is 0 Å². The standard InChI is InChI=1S/C8H13FO2/c1-3-8(6(10)11)4-7(2,9)5-8/h3-5H2,1-2H3,(H,10,11). The molecule has 64 valence electrons. The van der Waals surface area contributed by atoms with E-state index < -0.39 is 17.1 Å². The van der Waals surface area contributed by atoms with E-state index in [1.54, 1.807) is 6.92 Å². The highest BCUT2D eigenvalue weighted by Gasteiger charge is 2.56. The summed E-state index contributed by atoms with van der Waals surface area (Å²) in [5, 5.41) is 8.75. The highest BCUT2D eigenvalue weighted by atomic mass is 19.1. The van der Waals surface area contributed by atoms with Crippen molar-refractivity contribution in [2.45, 2.75) is 38.8 Å². The Kier molecular flexibility index (Phi) is 1.69. The van der Waals surface area contributed by atoms with Crippen LogP contribution in [-0.4, -0.2) is 16.7 Å². The fourth-order valence-electron chi connectivity index (χ4n) is 1.91. The summed E-state index contributed by atoms with van der Waals surface area (Å²) >= 11 is 0. The summed E-state index contributed by atoms with van der Waals surface area (Å²) in [6.45, 7) is 3.26. The molecule has 0 radical (unpaired) electrons. The maximum atomic E-state index is 13.0. The molecule has 1 aliphatic carbocycles. The Labute approximate surface area is 65.4 Å². The minimum atomic E-state index is -1.24. The van der Waals surface area contributed by atoms with Crippen LogP contribution in [0, 0.1) is 5.41 Å². The molecule has 0 aliphatic heterocycles. The second-order valence-corrected chi connectivity index (χ2v) is 3.71. The van der Waals surface area contributed by atoms with Crippen LogP contribution >= 0.6 is 0 Å². The molecule has 0 spiro atoms. The lowest BCUT2D eigenvalue weighted by atomic mass is 9.59. The molecule has 0 unspecified atom stereocenters. The van der Waals surface area contributed by atoms with Gasteiger partial charge in [0.15, 0.2) is 0 Å². The van der Waals surface area contributed by atoms with Gasteiger partial charge in [-0.25, -0.2) is 4.39 Å². The minimum Gasteiger partial charge on any atom is -0.481 e. The van der Waals surface area contributed by atoms with Gasteiger partial charge in [-0.3, -0.25) is 4.79 Å². The van der Waals surface area contributed by atoms with Crippen LogP contribution in [0.4, 0.5) is 4.39 Å². The second-order valence-electron chi connectivity index (χ2n) is 3.71. The SMILES string of the molecule is CCC1(C(=O)O)CC(C)(F)C1. The van der Waals surface area contributed by atoms with Crippen LogP contribution in [0.25, 0.3) is 0 Å². The van der Waals surface area contributed by atoms with E-state index in [-0.39, 0.29) is 12.8 Å². The maximum Gasteiger partial charge on any atom is 0.309 e. The number of rotatable bonds is 2. The van der Waals surface area contributed by atoms with Crippen LogP contribution in [-0.2, 0) is 4.79 Å². The Morgan fingerprint density at radius 1 is 1.64 bits per heavy atom. The van der Waals surface area contributed by atoms with Gasteiger partial charge in [0.1, 0.15) is 5.67 Å². The van der Waals surface area contributed by atoms with Gasteiger partial charge in [-0.2, -0.15) is 0 Å². The summed E-state index contributed by atoms with van der Waals surface area (Å²) in [6.07, 6.45) is 0.875. The molecule has 3 heteroatoms. The number of carboxylic acid groups (broad SMARTS) is 1. The summed E-state index contributed by atoms with van der Waals surface area (Å²) < 4.78 is 13.0. The molecule has 0 heterocycles. The van der Waals surface area contributed by atoms with Crippen molar-refractivity contribution in [3.8, 4) is 0 Å². The molecule has 1 fully saturated rings. The lowest BCUT2D eigenvalue weighted by Gasteiger charge is -2.46. The zero-order valence-corrected chi connectivity index (χ0v) is 6.85. The number of carboxylic acids is 1. The zero-order valence-electron chi connectivity index (χ0n) is 6.85. The Morgan fingerprint density at radius 2 is 2.09 bits per heavy atom. The number of alkyl halides is 1. The Morgan fingerprint density at radius 3 is 2.18 bits per heavy atom. The van der Waals surface area contributed by atoms with E-state index in [0.717, 1.165) is 0 Å². The van der Waals surface area contributed by atoms with E-state index in [1.807, 2.05) is 0 Å². The van der Waals surface area contributed by atoms with E-state index in [9.17, 15) is 9.18 Å². The molecule has 11 heavy (non-hydrogen) atoms. The first-order valence-electron chi connectivity index (χ1n) is 3.84. The summed E-state index contributed by atoms with van der Waals surface area (Å²) in [4.78, 5) is 10.7. The van der Waals surface area contributed by atoms with E-state index in [1.165, 1.54) is 6.92 Å². The smallest absolute Gasteiger partial charge is 0.309 e. The molecule has 1 rings (SSSR count). The third kappa shape index (κ3) is 1.24. The van der Waals surface area contributed by atoms with Crippen molar-refractivity contribution in [2.24, 2.45) is 5.41 Å². The molecule has 2 nitrogen and oxygen atoms in total. The number of hydrogen-bond acceptors (Lipinski definition) is 1. The van der Waals surface area contributed by atoms with Crippen molar-refractivity contribution in [3.05, 3.63) is 0 Å². The fourth-order valence-corrected chi connectivity index (χ4v) is 1.91. The number of carbonyl (C=O) groups is 1. The Balaban J connectivity index is 2.64. The van der Waals surface area contributed by atoms with E-state index in [4.69, 9.17) is 5.11 Å². The number of halogens is 1. The molecular formula is C8H13FO2. The monoisotopic (exact) mass is 160 g/mol. The molecular weight excluding hydrogens is 147 g/mol. The highest BCUT2D eigenvalue weighted by Crippen LogP contribution is 2.52. The molecule has 0 saturated heterocycles. The second kappa shape index (κ2) is 2.19. The van der Waals surface area contributed by atoms with E-state index >= 15 is 0 Å². The van der Waals surface area contributed by atoms with Crippen LogP contribution in [0.3, 0.4) is 0 Å². The summed E-state index contributed by atoms with van der Waals surface area (Å²) in [5.41, 5.74) is -2.00. The van der Waals surface area contributed by atoms with Crippen LogP contribution < -0.4 is 0 Å². The molecule has 0 aromatic rings. The first kappa shape index (κ1) is 8.50. The van der Waals surface area contributed by atoms with Crippen LogP contribution in [0.2, 0.25) is 0 Å². The molecule has 0 amide bonds. The van der Waals surface area contributed by atoms with Gasteiger partial charge in [0, 0.05) is 0 Å². The third-order valence-electron chi connectivity index (χ3n) is 2.54. The average molecular weight is 160 g/mol. The van der Waals surface area contributed by atoms with Gasteiger partial charge in [-0.15, -0.1) is 0 Å². The van der Waals surface area contributed by atoms with E-state index in [0.29, 0.717) is 6.42 Å². The molecule has 1 aliphatic rings. The van der Waals surface area contributed by atoms with Crippen LogP contribution in [0.15, 0.2) is 0 Å². The quantitative estimate of drug-likeness (QED) is 0.670. The predicted molar refractivity (Wildman–Crippen MR) is 39.1 cm³/mol. The van der Waals surface area contributed by atoms with Gasteiger partial charge in [-0.1, -0.05) is 6.92 Å². The molecule has 0 aromatic carbocycles. The van der Waals surface area contributed by atoms with Crippen molar-refractivity contribution in [2.75, 3.05) is 0 Å².